The SMILES string of the molecule is CCN(CC)CC=CCNCc1ccc(C(=O)N(Cc2ncc[nH]2)Cc2ncc[nH]2)cc1. The Bertz CT molecular complexity index is 893. The molecule has 2 aromatic heterocycles. The Morgan fingerprint density at radius 1 is 0.969 bits per heavy atom. The quantitative estimate of drug-likeness (QED) is 0.284. The van der Waals surface area contributed by atoms with Crippen LogP contribution in [0.5, 0.6) is 0 Å². The van der Waals surface area contributed by atoms with Crippen LogP contribution in [-0.2, 0) is 19.6 Å². The molecule has 0 atom stereocenters. The second-order valence-corrected chi connectivity index (χ2v) is 7.52. The predicted molar refractivity (Wildman–Crippen MR) is 126 cm³/mol. The van der Waals surface area contributed by atoms with Gasteiger partial charge < -0.3 is 25.1 Å². The molecule has 0 aliphatic heterocycles. The molecule has 32 heavy (non-hydrogen) atoms. The lowest BCUT2D eigenvalue weighted by Crippen LogP contribution is -2.31. The molecule has 0 aliphatic rings. The molecule has 0 bridgehead atoms. The smallest absolute Gasteiger partial charge is 0.254 e. The summed E-state index contributed by atoms with van der Waals surface area (Å²) in [6.07, 6.45) is 11.2. The fourth-order valence-electron chi connectivity index (χ4n) is 3.37. The number of imidazole rings is 2. The highest BCUT2D eigenvalue weighted by Gasteiger charge is 2.18. The topological polar surface area (TPSA) is 92.9 Å². The number of hydrogen-bond donors (Lipinski definition) is 3. The zero-order valence-electron chi connectivity index (χ0n) is 18.9. The third-order valence-electron chi connectivity index (χ3n) is 5.30. The Hall–Kier alpha value is -3.23. The summed E-state index contributed by atoms with van der Waals surface area (Å²) < 4.78 is 0. The van der Waals surface area contributed by atoms with Crippen LogP contribution in [0.25, 0.3) is 0 Å². The van der Waals surface area contributed by atoms with Crippen molar-refractivity contribution >= 4 is 5.91 Å². The zero-order chi connectivity index (χ0) is 22.6. The van der Waals surface area contributed by atoms with Crippen molar-refractivity contribution in [1.29, 1.82) is 0 Å². The van der Waals surface area contributed by atoms with Crippen LogP contribution in [0.15, 0.2) is 61.2 Å². The molecule has 1 amide bonds. The second kappa shape index (κ2) is 12.6. The summed E-state index contributed by atoms with van der Waals surface area (Å²) in [6.45, 7) is 9.83. The summed E-state index contributed by atoms with van der Waals surface area (Å²) in [7, 11) is 0. The van der Waals surface area contributed by atoms with Gasteiger partial charge in [-0.25, -0.2) is 9.97 Å². The van der Waals surface area contributed by atoms with Gasteiger partial charge in [-0.2, -0.15) is 0 Å². The van der Waals surface area contributed by atoms with E-state index >= 15 is 0 Å². The van der Waals surface area contributed by atoms with Crippen molar-refractivity contribution in [2.24, 2.45) is 0 Å². The van der Waals surface area contributed by atoms with Crippen LogP contribution in [0.2, 0.25) is 0 Å². The van der Waals surface area contributed by atoms with Crippen LogP contribution in [0, 0.1) is 0 Å². The molecule has 0 saturated heterocycles. The summed E-state index contributed by atoms with van der Waals surface area (Å²) in [4.78, 5) is 31.9. The van der Waals surface area contributed by atoms with E-state index in [1.165, 1.54) is 0 Å². The number of carbonyl (C=O) groups excluding carboxylic acids is 1. The normalized spacial score (nSPS) is 11.5. The molecule has 3 aromatic rings. The van der Waals surface area contributed by atoms with Crippen molar-refractivity contribution in [3.05, 3.63) is 84.0 Å². The number of likely N-dealkylation sites (N-methyl/N-ethyl adjacent to an activating group) is 1. The van der Waals surface area contributed by atoms with E-state index in [0.29, 0.717) is 18.7 Å². The van der Waals surface area contributed by atoms with Crippen LogP contribution in [0.3, 0.4) is 0 Å². The standard InChI is InChI=1S/C24H33N7O/c1-3-30(4-2)16-6-5-11-25-17-20-7-9-21(10-8-20)24(32)31(18-22-26-12-13-27-22)19-23-28-14-15-29-23/h5-10,12-15,25H,3-4,11,16-19H2,1-2H3,(H,26,27)(H,28,29). The Balaban J connectivity index is 1.53. The maximum atomic E-state index is 13.2. The van der Waals surface area contributed by atoms with Crippen molar-refractivity contribution < 1.29 is 4.79 Å². The fraction of sp³-hybridized carbons (Fsp3) is 0.375. The van der Waals surface area contributed by atoms with Crippen LogP contribution in [0.4, 0.5) is 0 Å². The minimum atomic E-state index is -0.0587. The van der Waals surface area contributed by atoms with Crippen molar-refractivity contribution in [2.45, 2.75) is 33.5 Å². The van der Waals surface area contributed by atoms with Crippen LogP contribution >= 0.6 is 0 Å². The highest BCUT2D eigenvalue weighted by molar-refractivity contribution is 5.94. The van der Waals surface area contributed by atoms with Crippen LogP contribution in [-0.4, -0.2) is 61.8 Å². The van der Waals surface area contributed by atoms with Crippen molar-refractivity contribution in [1.82, 2.24) is 35.1 Å². The monoisotopic (exact) mass is 435 g/mol. The number of aromatic nitrogens is 4. The summed E-state index contributed by atoms with van der Waals surface area (Å²) in [5.74, 6) is 1.41. The fourth-order valence-corrected chi connectivity index (χ4v) is 3.37. The van der Waals surface area contributed by atoms with E-state index in [4.69, 9.17) is 0 Å². The third kappa shape index (κ3) is 7.18. The maximum Gasteiger partial charge on any atom is 0.254 e. The molecule has 8 nitrogen and oxygen atoms in total. The lowest BCUT2D eigenvalue weighted by molar-refractivity contribution is 0.0721. The molecule has 0 radical (unpaired) electrons. The highest BCUT2D eigenvalue weighted by atomic mass is 16.2. The number of amides is 1. The minimum Gasteiger partial charge on any atom is -0.347 e. The van der Waals surface area contributed by atoms with Crippen molar-refractivity contribution in [3.63, 3.8) is 0 Å². The van der Waals surface area contributed by atoms with Gasteiger partial charge in [0.25, 0.3) is 5.91 Å². The van der Waals surface area contributed by atoms with E-state index in [-0.39, 0.29) is 5.91 Å². The molecular formula is C24H33N7O. The molecule has 0 fully saturated rings. The number of nitrogens with one attached hydrogen (secondary N) is 3. The number of nitrogens with zero attached hydrogens (tertiary/aromatic N) is 4. The molecule has 0 aliphatic carbocycles. The Labute approximate surface area is 189 Å². The van der Waals surface area contributed by atoms with Crippen LogP contribution in [0.1, 0.15) is 41.4 Å². The van der Waals surface area contributed by atoms with Crippen molar-refractivity contribution in [3.8, 4) is 0 Å². The van der Waals surface area contributed by atoms with E-state index in [0.717, 1.165) is 49.9 Å². The molecule has 0 spiro atoms. The van der Waals surface area contributed by atoms with Crippen molar-refractivity contribution in [2.75, 3.05) is 26.2 Å². The highest BCUT2D eigenvalue weighted by Crippen LogP contribution is 2.12. The lowest BCUT2D eigenvalue weighted by Gasteiger charge is -2.21. The molecular weight excluding hydrogens is 402 g/mol. The van der Waals surface area contributed by atoms with Gasteiger partial charge in [0.2, 0.25) is 0 Å². The van der Waals surface area contributed by atoms with Gasteiger partial charge in [-0.05, 0) is 30.8 Å². The first-order chi connectivity index (χ1) is 15.7. The Kier molecular flexibility index (Phi) is 9.21. The summed E-state index contributed by atoms with van der Waals surface area (Å²) >= 11 is 0. The number of aromatic amines is 2. The lowest BCUT2D eigenvalue weighted by atomic mass is 10.1. The molecule has 2 heterocycles. The third-order valence-corrected chi connectivity index (χ3v) is 5.30. The van der Waals surface area contributed by atoms with Gasteiger partial charge in [0.1, 0.15) is 11.6 Å². The number of hydrogen-bond acceptors (Lipinski definition) is 5. The van der Waals surface area contributed by atoms with Gasteiger partial charge >= 0.3 is 0 Å². The van der Waals surface area contributed by atoms with E-state index in [1.54, 1.807) is 29.7 Å². The maximum absolute atomic E-state index is 13.2. The largest absolute Gasteiger partial charge is 0.347 e. The molecule has 8 heteroatoms. The molecule has 3 rings (SSSR count). The van der Waals surface area contributed by atoms with Gasteiger partial charge in [-0.1, -0.05) is 38.1 Å². The average Bonchev–Trinajstić information content (AvgIpc) is 3.53. The van der Waals surface area contributed by atoms with Gasteiger partial charge in [-0.15, -0.1) is 0 Å². The van der Waals surface area contributed by atoms with E-state index in [1.807, 2.05) is 24.3 Å². The molecule has 0 saturated carbocycles. The molecule has 1 aromatic carbocycles. The summed E-state index contributed by atoms with van der Waals surface area (Å²) in [5.41, 5.74) is 1.79. The molecule has 3 N–H and O–H groups in total. The first-order valence-corrected chi connectivity index (χ1v) is 11.1. The summed E-state index contributed by atoms with van der Waals surface area (Å²) in [5, 5.41) is 3.42. The molecule has 170 valence electrons. The minimum absolute atomic E-state index is 0.0587. The second-order valence-electron chi connectivity index (χ2n) is 7.52. The Morgan fingerprint density at radius 2 is 1.59 bits per heavy atom. The number of rotatable bonds is 13. The van der Waals surface area contributed by atoms with E-state index in [2.05, 4.69) is 56.2 Å². The first kappa shape index (κ1) is 23.4. The zero-order valence-corrected chi connectivity index (χ0v) is 18.9. The number of H-pyrrole nitrogens is 2. The number of benzene rings is 1. The molecule has 0 unspecified atom stereocenters. The van der Waals surface area contributed by atoms with Gasteiger partial charge in [0, 0.05) is 50.0 Å². The average molecular weight is 436 g/mol. The first-order valence-electron chi connectivity index (χ1n) is 11.1. The van der Waals surface area contributed by atoms with Gasteiger partial charge in [0.05, 0.1) is 13.1 Å². The van der Waals surface area contributed by atoms with Gasteiger partial charge in [-0.3, -0.25) is 4.79 Å². The number of carbonyl (C=O) groups is 1. The Morgan fingerprint density at radius 3 is 2.12 bits per heavy atom. The summed E-state index contributed by atoms with van der Waals surface area (Å²) in [6, 6.07) is 7.76. The van der Waals surface area contributed by atoms with Gasteiger partial charge in [0.15, 0.2) is 0 Å². The predicted octanol–water partition coefficient (Wildman–Crippen LogP) is 2.96. The van der Waals surface area contributed by atoms with E-state index in [9.17, 15) is 4.79 Å². The van der Waals surface area contributed by atoms with E-state index < -0.39 is 0 Å². The van der Waals surface area contributed by atoms with Crippen LogP contribution < -0.4 is 5.32 Å².